The number of fused-ring (bicyclic) bond motifs is 2. The first-order valence-corrected chi connectivity index (χ1v) is 7.91. The van der Waals surface area contributed by atoms with Crippen LogP contribution in [0.4, 0.5) is 8.78 Å². The number of rotatable bonds is 1. The second-order valence-corrected chi connectivity index (χ2v) is 5.91. The largest absolute Gasteiger partial charge is 0.261 e. The van der Waals surface area contributed by atoms with Crippen LogP contribution in [-0.2, 0) is 12.8 Å². The molecule has 0 saturated heterocycles. The average molecular weight is 319 g/mol. The Bertz CT molecular complexity index is 944. The van der Waals surface area contributed by atoms with E-state index in [1.807, 2.05) is 24.3 Å². The molecule has 1 heterocycles. The van der Waals surface area contributed by atoms with Gasteiger partial charge in [0, 0.05) is 17.5 Å². The molecule has 0 bridgehead atoms. The normalized spacial score (nSPS) is 14.8. The fourth-order valence-electron chi connectivity index (χ4n) is 3.23. The van der Waals surface area contributed by atoms with Gasteiger partial charge in [-0.3, -0.25) is 4.98 Å². The Labute approximate surface area is 139 Å². The Morgan fingerprint density at radius 2 is 1.71 bits per heavy atom. The van der Waals surface area contributed by atoms with Gasteiger partial charge in [-0.25, -0.2) is 8.78 Å². The molecule has 0 saturated carbocycles. The van der Waals surface area contributed by atoms with E-state index >= 15 is 0 Å². The quantitative estimate of drug-likeness (QED) is 0.612. The molecular weight excluding hydrogens is 304 g/mol. The molecule has 4 rings (SSSR count). The Kier molecular flexibility index (Phi) is 3.69. The molecule has 3 aromatic rings. The molecule has 24 heavy (non-hydrogen) atoms. The van der Waals surface area contributed by atoms with Gasteiger partial charge in [0.15, 0.2) is 0 Å². The standard InChI is InChI=1S/C21H15F2N/c22-16-4-1-3-14(11-16)12-20-18-8-7-17(23)13-15(18)6-9-21-19(20)5-2-10-24-21/h1-5,7-8,10-13H,6,9H2. The average Bonchev–Trinajstić information content (AvgIpc) is 2.73. The van der Waals surface area contributed by atoms with Gasteiger partial charge < -0.3 is 0 Å². The molecule has 2 aromatic carbocycles. The molecule has 118 valence electrons. The van der Waals surface area contributed by atoms with Crippen LogP contribution in [0.5, 0.6) is 0 Å². The summed E-state index contributed by atoms with van der Waals surface area (Å²) in [6.45, 7) is 0. The maximum atomic E-state index is 13.7. The Balaban J connectivity index is 1.97. The molecule has 1 aliphatic rings. The molecule has 0 N–H and O–H groups in total. The second-order valence-electron chi connectivity index (χ2n) is 5.91. The highest BCUT2D eigenvalue weighted by molar-refractivity contribution is 5.93. The summed E-state index contributed by atoms with van der Waals surface area (Å²) in [5.74, 6) is -0.513. The van der Waals surface area contributed by atoms with E-state index in [1.165, 1.54) is 18.2 Å². The van der Waals surface area contributed by atoms with Gasteiger partial charge in [0.25, 0.3) is 0 Å². The smallest absolute Gasteiger partial charge is 0.123 e. The number of aromatic nitrogens is 1. The van der Waals surface area contributed by atoms with E-state index in [0.29, 0.717) is 0 Å². The third-order valence-corrected chi connectivity index (χ3v) is 4.33. The highest BCUT2D eigenvalue weighted by Crippen LogP contribution is 2.34. The minimum absolute atomic E-state index is 0.238. The van der Waals surface area contributed by atoms with E-state index < -0.39 is 0 Å². The molecule has 0 aliphatic heterocycles. The molecular formula is C21H15F2N. The zero-order valence-corrected chi connectivity index (χ0v) is 13.0. The van der Waals surface area contributed by atoms with Crippen molar-refractivity contribution in [3.05, 3.63) is 100 Å². The first kappa shape index (κ1) is 14.8. The molecule has 0 atom stereocenters. The van der Waals surface area contributed by atoms with Gasteiger partial charge in [-0.15, -0.1) is 0 Å². The van der Waals surface area contributed by atoms with Crippen LogP contribution in [-0.4, -0.2) is 4.98 Å². The Hall–Kier alpha value is -2.81. The molecule has 1 aromatic heterocycles. The number of pyridine rings is 1. The number of nitrogens with zero attached hydrogens (tertiary/aromatic N) is 1. The number of hydrogen-bond acceptors (Lipinski definition) is 1. The van der Waals surface area contributed by atoms with Gasteiger partial charge in [-0.2, -0.15) is 0 Å². The SMILES string of the molecule is Fc1cccc(C=C2c3ccc(F)cc3CCc3ncccc32)c1. The van der Waals surface area contributed by atoms with Crippen LogP contribution in [0.3, 0.4) is 0 Å². The van der Waals surface area contributed by atoms with Crippen LogP contribution in [0.25, 0.3) is 11.6 Å². The van der Waals surface area contributed by atoms with E-state index in [4.69, 9.17) is 0 Å². The summed E-state index contributed by atoms with van der Waals surface area (Å²) in [5.41, 5.74) is 5.67. The van der Waals surface area contributed by atoms with E-state index in [2.05, 4.69) is 4.98 Å². The molecule has 0 amide bonds. The van der Waals surface area contributed by atoms with E-state index in [0.717, 1.165) is 46.4 Å². The lowest BCUT2D eigenvalue weighted by Gasteiger charge is -2.12. The fourth-order valence-corrected chi connectivity index (χ4v) is 3.23. The topological polar surface area (TPSA) is 12.9 Å². The first-order chi connectivity index (χ1) is 11.7. The fraction of sp³-hybridized carbons (Fsp3) is 0.0952. The lowest BCUT2D eigenvalue weighted by atomic mass is 9.93. The molecule has 0 spiro atoms. The van der Waals surface area contributed by atoms with Crippen LogP contribution in [0.15, 0.2) is 60.8 Å². The second kappa shape index (κ2) is 6.00. The van der Waals surface area contributed by atoms with Crippen molar-refractivity contribution in [2.24, 2.45) is 0 Å². The van der Waals surface area contributed by atoms with Crippen LogP contribution in [0.2, 0.25) is 0 Å². The summed E-state index contributed by atoms with van der Waals surface area (Å²) >= 11 is 0. The lowest BCUT2D eigenvalue weighted by molar-refractivity contribution is 0.625. The Morgan fingerprint density at radius 1 is 0.833 bits per heavy atom. The lowest BCUT2D eigenvalue weighted by Crippen LogP contribution is -1.95. The predicted octanol–water partition coefficient (Wildman–Crippen LogP) is 5.05. The molecule has 0 fully saturated rings. The van der Waals surface area contributed by atoms with Crippen molar-refractivity contribution in [2.75, 3.05) is 0 Å². The Morgan fingerprint density at radius 3 is 2.58 bits per heavy atom. The minimum Gasteiger partial charge on any atom is -0.261 e. The third-order valence-electron chi connectivity index (χ3n) is 4.33. The van der Waals surface area contributed by atoms with Gasteiger partial charge in [0.2, 0.25) is 0 Å². The number of halogens is 2. The number of aryl methyl sites for hydroxylation is 2. The van der Waals surface area contributed by atoms with Crippen molar-refractivity contribution in [3.63, 3.8) is 0 Å². The maximum Gasteiger partial charge on any atom is 0.123 e. The summed E-state index contributed by atoms with van der Waals surface area (Å²) < 4.78 is 27.2. The van der Waals surface area contributed by atoms with Crippen molar-refractivity contribution >= 4 is 11.6 Å². The van der Waals surface area contributed by atoms with Gasteiger partial charge in [-0.1, -0.05) is 24.3 Å². The van der Waals surface area contributed by atoms with Crippen LogP contribution in [0, 0.1) is 11.6 Å². The molecule has 1 nitrogen and oxygen atoms in total. The molecule has 1 aliphatic carbocycles. The van der Waals surface area contributed by atoms with E-state index in [-0.39, 0.29) is 11.6 Å². The summed E-state index contributed by atoms with van der Waals surface area (Å²) in [6, 6.07) is 15.2. The number of benzene rings is 2. The molecule has 0 radical (unpaired) electrons. The zero-order valence-electron chi connectivity index (χ0n) is 13.0. The van der Waals surface area contributed by atoms with Gasteiger partial charge in [0.1, 0.15) is 11.6 Å². The van der Waals surface area contributed by atoms with Crippen molar-refractivity contribution in [1.29, 1.82) is 0 Å². The predicted molar refractivity (Wildman–Crippen MR) is 91.4 cm³/mol. The van der Waals surface area contributed by atoms with Crippen molar-refractivity contribution in [1.82, 2.24) is 4.98 Å². The van der Waals surface area contributed by atoms with Gasteiger partial charge in [-0.05, 0) is 71.5 Å². The van der Waals surface area contributed by atoms with Crippen LogP contribution in [0.1, 0.15) is 27.9 Å². The summed E-state index contributed by atoms with van der Waals surface area (Å²) in [5, 5.41) is 0. The highest BCUT2D eigenvalue weighted by atomic mass is 19.1. The van der Waals surface area contributed by atoms with E-state index in [9.17, 15) is 8.78 Å². The summed E-state index contributed by atoms with van der Waals surface area (Å²) in [4.78, 5) is 4.49. The monoisotopic (exact) mass is 319 g/mol. The molecule has 0 unspecified atom stereocenters. The minimum atomic E-state index is -0.274. The summed E-state index contributed by atoms with van der Waals surface area (Å²) in [6.07, 6.45) is 5.21. The third kappa shape index (κ3) is 2.73. The van der Waals surface area contributed by atoms with Crippen molar-refractivity contribution in [3.8, 4) is 0 Å². The van der Waals surface area contributed by atoms with Crippen LogP contribution >= 0.6 is 0 Å². The van der Waals surface area contributed by atoms with Gasteiger partial charge >= 0.3 is 0 Å². The molecule has 3 heteroatoms. The van der Waals surface area contributed by atoms with Crippen molar-refractivity contribution in [2.45, 2.75) is 12.8 Å². The van der Waals surface area contributed by atoms with Crippen LogP contribution < -0.4 is 0 Å². The van der Waals surface area contributed by atoms with Crippen molar-refractivity contribution < 1.29 is 8.78 Å². The van der Waals surface area contributed by atoms with Gasteiger partial charge in [0.05, 0.1) is 0 Å². The summed E-state index contributed by atoms with van der Waals surface area (Å²) in [7, 11) is 0. The van der Waals surface area contributed by atoms with E-state index in [1.54, 1.807) is 24.4 Å². The zero-order chi connectivity index (χ0) is 16.5. The maximum absolute atomic E-state index is 13.7. The highest BCUT2D eigenvalue weighted by Gasteiger charge is 2.19. The number of hydrogen-bond donors (Lipinski definition) is 0. The first-order valence-electron chi connectivity index (χ1n) is 7.91.